The lowest BCUT2D eigenvalue weighted by Crippen LogP contribution is -2.38. The standard InChI is InChI=1S/C21H18FN4O6P/c22-17-5-1-2-6-18(17)31-20-8-7-14(12-24-20)10-15-11-19(32-25-15)16-4-3-9-26(21(16)23)13-30-33(27,28)29/h1-9,11-12,23H,10,13H2,(H2,27,28,29)/p+1. The molecule has 0 spiro atoms. The highest BCUT2D eigenvalue weighted by atomic mass is 31.2. The zero-order valence-electron chi connectivity index (χ0n) is 17.0. The Hall–Kier alpha value is -3.63. The fraction of sp³-hybridized carbons (Fsp3) is 0.0952. The minimum atomic E-state index is -4.64. The summed E-state index contributed by atoms with van der Waals surface area (Å²) < 4.78 is 41.3. The molecule has 4 N–H and O–H groups in total. The minimum Gasteiger partial charge on any atom is -0.436 e. The first kappa shape index (κ1) is 22.6. The van der Waals surface area contributed by atoms with Gasteiger partial charge < -0.3 is 19.0 Å². The number of aromatic nitrogens is 3. The van der Waals surface area contributed by atoms with Crippen LogP contribution >= 0.6 is 7.82 Å². The Bertz CT molecular complexity index is 1310. The van der Waals surface area contributed by atoms with E-state index < -0.39 is 20.4 Å². The van der Waals surface area contributed by atoms with Crippen LogP contribution in [0.2, 0.25) is 0 Å². The van der Waals surface area contributed by atoms with Crippen LogP contribution in [-0.4, -0.2) is 19.9 Å². The summed E-state index contributed by atoms with van der Waals surface area (Å²) in [4.78, 5) is 22.0. The van der Waals surface area contributed by atoms with E-state index in [1.807, 2.05) is 0 Å². The average Bonchev–Trinajstić information content (AvgIpc) is 3.23. The zero-order chi connectivity index (χ0) is 23.4. The number of anilines is 1. The fourth-order valence-electron chi connectivity index (χ4n) is 2.97. The van der Waals surface area contributed by atoms with Gasteiger partial charge in [0.05, 0.1) is 11.9 Å². The monoisotopic (exact) mass is 473 g/mol. The normalized spacial score (nSPS) is 11.5. The number of phosphoric ester groups is 1. The summed E-state index contributed by atoms with van der Waals surface area (Å²) in [7, 11) is -4.64. The van der Waals surface area contributed by atoms with Crippen molar-refractivity contribution in [1.29, 1.82) is 0 Å². The summed E-state index contributed by atoms with van der Waals surface area (Å²) in [6, 6.07) is 14.5. The summed E-state index contributed by atoms with van der Waals surface area (Å²) >= 11 is 0. The van der Waals surface area contributed by atoms with Crippen molar-refractivity contribution in [3.05, 3.63) is 84.1 Å². The van der Waals surface area contributed by atoms with Gasteiger partial charge in [0.2, 0.25) is 12.6 Å². The maximum absolute atomic E-state index is 13.7. The molecule has 0 atom stereocenters. The molecule has 0 amide bonds. The van der Waals surface area contributed by atoms with Crippen LogP contribution in [0.15, 0.2) is 71.5 Å². The lowest BCUT2D eigenvalue weighted by Gasteiger charge is -2.07. The molecule has 3 heterocycles. The Morgan fingerprint density at radius 2 is 1.97 bits per heavy atom. The Labute approximate surface area is 187 Å². The Balaban J connectivity index is 1.45. The van der Waals surface area contributed by atoms with Gasteiger partial charge in [0, 0.05) is 24.8 Å². The number of nitrogen functional groups attached to an aromatic ring is 1. The van der Waals surface area contributed by atoms with Crippen LogP contribution in [0.1, 0.15) is 11.3 Å². The maximum atomic E-state index is 13.7. The quantitative estimate of drug-likeness (QED) is 0.259. The van der Waals surface area contributed by atoms with Crippen LogP contribution < -0.4 is 15.0 Å². The topological polar surface area (TPSA) is 145 Å². The van der Waals surface area contributed by atoms with Crippen LogP contribution in [-0.2, 0) is 22.2 Å². The number of halogens is 1. The molecule has 0 aliphatic carbocycles. The Morgan fingerprint density at radius 1 is 1.15 bits per heavy atom. The molecule has 10 nitrogen and oxygen atoms in total. The van der Waals surface area contributed by atoms with Gasteiger partial charge in [-0.1, -0.05) is 23.4 Å². The molecule has 0 unspecified atom stereocenters. The Morgan fingerprint density at radius 3 is 2.70 bits per heavy atom. The smallest absolute Gasteiger partial charge is 0.436 e. The van der Waals surface area contributed by atoms with Crippen molar-refractivity contribution in [1.82, 2.24) is 10.1 Å². The summed E-state index contributed by atoms with van der Waals surface area (Å²) in [5, 5.41) is 4.04. The van der Waals surface area contributed by atoms with E-state index >= 15 is 0 Å². The summed E-state index contributed by atoms with van der Waals surface area (Å²) in [5.74, 6) is 0.422. The molecule has 4 rings (SSSR count). The number of benzene rings is 1. The summed E-state index contributed by atoms with van der Waals surface area (Å²) in [6.07, 6.45) is 3.52. The molecule has 0 bridgehead atoms. The van der Waals surface area contributed by atoms with Gasteiger partial charge in [-0.15, -0.1) is 0 Å². The van der Waals surface area contributed by atoms with E-state index in [0.717, 1.165) is 5.56 Å². The van der Waals surface area contributed by atoms with Crippen LogP contribution in [0.5, 0.6) is 11.6 Å². The van der Waals surface area contributed by atoms with Crippen molar-refractivity contribution < 1.29 is 37.1 Å². The van der Waals surface area contributed by atoms with Gasteiger partial charge in [-0.05, 0) is 29.8 Å². The van der Waals surface area contributed by atoms with E-state index in [0.29, 0.717) is 23.4 Å². The molecular formula is C21H19FN4O6P+. The minimum absolute atomic E-state index is 0.0859. The summed E-state index contributed by atoms with van der Waals surface area (Å²) in [6.45, 7) is -0.433. The number of rotatable bonds is 8. The number of para-hydroxylation sites is 1. The lowest BCUT2D eigenvalue weighted by atomic mass is 10.1. The highest BCUT2D eigenvalue weighted by Crippen LogP contribution is 2.35. The molecule has 3 aromatic heterocycles. The molecular weight excluding hydrogens is 454 g/mol. The summed E-state index contributed by atoms with van der Waals surface area (Å²) in [5.41, 5.74) is 8.00. The molecule has 4 aromatic rings. The molecule has 0 aliphatic rings. The van der Waals surface area contributed by atoms with E-state index in [2.05, 4.69) is 14.7 Å². The number of phosphoric acid groups is 1. The number of pyridine rings is 2. The number of ether oxygens (including phenoxy) is 1. The highest BCUT2D eigenvalue weighted by Gasteiger charge is 2.20. The molecule has 170 valence electrons. The van der Waals surface area contributed by atoms with E-state index in [4.69, 9.17) is 24.8 Å². The van der Waals surface area contributed by atoms with E-state index in [1.54, 1.807) is 48.7 Å². The van der Waals surface area contributed by atoms with Crippen LogP contribution in [0.4, 0.5) is 10.2 Å². The Kier molecular flexibility index (Phi) is 6.47. The second-order valence-electron chi connectivity index (χ2n) is 6.92. The third-order valence-corrected chi connectivity index (χ3v) is 4.99. The van der Waals surface area contributed by atoms with Gasteiger partial charge >= 0.3 is 7.82 Å². The number of hydrogen-bond donors (Lipinski definition) is 3. The van der Waals surface area contributed by atoms with E-state index in [1.165, 1.54) is 22.9 Å². The molecule has 0 saturated heterocycles. The van der Waals surface area contributed by atoms with Crippen LogP contribution in [0.25, 0.3) is 11.3 Å². The van der Waals surface area contributed by atoms with Crippen molar-refractivity contribution in [2.45, 2.75) is 13.2 Å². The van der Waals surface area contributed by atoms with Gasteiger partial charge in [-0.25, -0.2) is 23.0 Å². The molecule has 33 heavy (non-hydrogen) atoms. The second kappa shape index (κ2) is 9.47. The van der Waals surface area contributed by atoms with Gasteiger partial charge in [0.15, 0.2) is 17.3 Å². The molecule has 0 aliphatic heterocycles. The van der Waals surface area contributed by atoms with Crippen LogP contribution in [0.3, 0.4) is 0 Å². The fourth-order valence-corrected chi connectivity index (χ4v) is 3.24. The third-order valence-electron chi connectivity index (χ3n) is 4.54. The maximum Gasteiger partial charge on any atom is 0.472 e. The number of hydrogen-bond acceptors (Lipinski definition) is 7. The van der Waals surface area contributed by atoms with Crippen molar-refractivity contribution in [2.24, 2.45) is 0 Å². The second-order valence-corrected chi connectivity index (χ2v) is 8.16. The number of nitrogens with two attached hydrogens (primary N) is 1. The predicted molar refractivity (Wildman–Crippen MR) is 113 cm³/mol. The van der Waals surface area contributed by atoms with E-state index in [9.17, 15) is 8.96 Å². The molecule has 0 radical (unpaired) electrons. The van der Waals surface area contributed by atoms with E-state index in [-0.39, 0.29) is 17.4 Å². The first-order chi connectivity index (χ1) is 15.8. The zero-order valence-corrected chi connectivity index (χ0v) is 17.9. The first-order valence-electron chi connectivity index (χ1n) is 9.60. The van der Waals surface area contributed by atoms with Gasteiger partial charge in [0.25, 0.3) is 5.82 Å². The van der Waals surface area contributed by atoms with Crippen molar-refractivity contribution >= 4 is 13.6 Å². The average molecular weight is 473 g/mol. The number of nitrogens with zero attached hydrogens (tertiary/aromatic N) is 3. The lowest BCUT2D eigenvalue weighted by molar-refractivity contribution is -0.711. The third kappa shape index (κ3) is 5.79. The van der Waals surface area contributed by atoms with Gasteiger partial charge in [0.1, 0.15) is 5.56 Å². The van der Waals surface area contributed by atoms with Crippen molar-refractivity contribution in [2.75, 3.05) is 5.73 Å². The molecule has 12 heteroatoms. The predicted octanol–water partition coefficient (Wildman–Crippen LogP) is 3.20. The van der Waals surface area contributed by atoms with Crippen molar-refractivity contribution in [3.8, 4) is 23.0 Å². The SMILES string of the molecule is Nc1c(-c2cc(Cc3ccc(Oc4ccccc4F)nc3)no2)ccc[n+]1COP(=O)(O)O. The van der Waals surface area contributed by atoms with Crippen molar-refractivity contribution in [3.63, 3.8) is 0 Å². The van der Waals surface area contributed by atoms with Crippen LogP contribution in [0, 0.1) is 5.82 Å². The molecule has 1 aromatic carbocycles. The molecule has 0 fully saturated rings. The molecule has 0 saturated carbocycles. The van der Waals surface area contributed by atoms with Gasteiger partial charge in [-0.2, -0.15) is 0 Å². The highest BCUT2D eigenvalue weighted by molar-refractivity contribution is 7.46. The first-order valence-corrected chi connectivity index (χ1v) is 11.1. The largest absolute Gasteiger partial charge is 0.472 e. The van der Waals surface area contributed by atoms with Gasteiger partial charge in [-0.3, -0.25) is 5.73 Å².